The number of nitrogens with zero attached hydrogens (tertiary/aromatic N) is 7. The van der Waals surface area contributed by atoms with E-state index in [0.717, 1.165) is 16.7 Å². The molecule has 1 heterocycles. The molecule has 0 saturated heterocycles. The van der Waals surface area contributed by atoms with Gasteiger partial charge >= 0.3 is 0 Å². The SMILES string of the molecule is [N-]=[N+]=NCn1nnnc1-c1ccccc1-c1ccccc1. The van der Waals surface area contributed by atoms with Crippen molar-refractivity contribution in [1.82, 2.24) is 20.2 Å². The fourth-order valence-electron chi connectivity index (χ4n) is 2.13. The third-order valence-corrected chi connectivity index (χ3v) is 3.05. The molecule has 7 heteroatoms. The van der Waals surface area contributed by atoms with E-state index in [2.05, 4.69) is 25.6 Å². The molecule has 0 N–H and O–H groups in total. The minimum atomic E-state index is 0.0575. The standard InChI is InChI=1S/C14H11N7/c15-18-16-10-21-14(17-19-20-21)13-9-5-4-8-12(13)11-6-2-1-3-7-11/h1-9H,10H2. The molecule has 0 atom stereocenters. The maximum Gasteiger partial charge on any atom is 0.182 e. The van der Waals surface area contributed by atoms with E-state index in [0.29, 0.717) is 5.82 Å². The summed E-state index contributed by atoms with van der Waals surface area (Å²) in [5.74, 6) is 0.571. The minimum absolute atomic E-state index is 0.0575. The van der Waals surface area contributed by atoms with Gasteiger partial charge in [-0.25, -0.2) is 4.68 Å². The van der Waals surface area contributed by atoms with Crippen molar-refractivity contribution in [3.8, 4) is 22.5 Å². The van der Waals surface area contributed by atoms with E-state index >= 15 is 0 Å². The number of azide groups is 1. The van der Waals surface area contributed by atoms with Gasteiger partial charge in [-0.15, -0.1) is 5.10 Å². The van der Waals surface area contributed by atoms with Crippen molar-refractivity contribution >= 4 is 0 Å². The van der Waals surface area contributed by atoms with Gasteiger partial charge < -0.3 is 0 Å². The van der Waals surface area contributed by atoms with Crippen LogP contribution < -0.4 is 0 Å². The second-order valence-electron chi connectivity index (χ2n) is 4.29. The van der Waals surface area contributed by atoms with Crippen molar-refractivity contribution in [3.05, 3.63) is 65.0 Å². The summed E-state index contributed by atoms with van der Waals surface area (Å²) in [7, 11) is 0. The van der Waals surface area contributed by atoms with Gasteiger partial charge in [-0.05, 0) is 27.1 Å². The van der Waals surface area contributed by atoms with E-state index in [1.165, 1.54) is 4.68 Å². The Morgan fingerprint density at radius 2 is 1.71 bits per heavy atom. The summed E-state index contributed by atoms with van der Waals surface area (Å²) in [4.78, 5) is 2.73. The molecule has 102 valence electrons. The number of hydrogen-bond donors (Lipinski definition) is 0. The molecule has 0 aliphatic carbocycles. The average molecular weight is 277 g/mol. The lowest BCUT2D eigenvalue weighted by molar-refractivity contribution is 0.611. The van der Waals surface area contributed by atoms with Gasteiger partial charge in [-0.1, -0.05) is 59.7 Å². The van der Waals surface area contributed by atoms with Crippen LogP contribution in [0.2, 0.25) is 0 Å². The molecule has 3 rings (SSSR count). The normalized spacial score (nSPS) is 10.1. The van der Waals surface area contributed by atoms with Crippen molar-refractivity contribution in [2.45, 2.75) is 6.67 Å². The van der Waals surface area contributed by atoms with Crippen LogP contribution >= 0.6 is 0 Å². The number of rotatable bonds is 4. The summed E-state index contributed by atoms with van der Waals surface area (Å²) in [5.41, 5.74) is 11.4. The molecule has 0 amide bonds. The Hall–Kier alpha value is -3.18. The van der Waals surface area contributed by atoms with Crippen LogP contribution in [0.3, 0.4) is 0 Å². The van der Waals surface area contributed by atoms with Crippen molar-refractivity contribution in [2.75, 3.05) is 0 Å². The molecule has 0 radical (unpaired) electrons. The average Bonchev–Trinajstić information content (AvgIpc) is 3.02. The largest absolute Gasteiger partial charge is 0.219 e. The fraction of sp³-hybridized carbons (Fsp3) is 0.0714. The topological polar surface area (TPSA) is 92.4 Å². The molecule has 3 aromatic rings. The second-order valence-corrected chi connectivity index (χ2v) is 4.29. The number of aromatic nitrogens is 4. The number of benzene rings is 2. The predicted molar refractivity (Wildman–Crippen MR) is 77.8 cm³/mol. The molecule has 21 heavy (non-hydrogen) atoms. The Labute approximate surface area is 120 Å². The maximum atomic E-state index is 8.44. The lowest BCUT2D eigenvalue weighted by Gasteiger charge is -2.08. The van der Waals surface area contributed by atoms with E-state index in [4.69, 9.17) is 5.53 Å². The number of hydrogen-bond acceptors (Lipinski definition) is 4. The molecule has 7 nitrogen and oxygen atoms in total. The van der Waals surface area contributed by atoms with Gasteiger partial charge in [0, 0.05) is 10.5 Å². The Morgan fingerprint density at radius 1 is 1.00 bits per heavy atom. The third kappa shape index (κ3) is 2.58. The van der Waals surface area contributed by atoms with Crippen LogP contribution in [-0.4, -0.2) is 20.2 Å². The minimum Gasteiger partial charge on any atom is -0.219 e. The maximum absolute atomic E-state index is 8.44. The first kappa shape index (κ1) is 12.8. The molecule has 0 aliphatic heterocycles. The molecule has 0 spiro atoms. The highest BCUT2D eigenvalue weighted by Crippen LogP contribution is 2.30. The van der Waals surface area contributed by atoms with Crippen LogP contribution in [0, 0.1) is 0 Å². The summed E-state index contributed by atoms with van der Waals surface area (Å²) < 4.78 is 1.47. The van der Waals surface area contributed by atoms with E-state index < -0.39 is 0 Å². The van der Waals surface area contributed by atoms with Crippen LogP contribution in [0.1, 0.15) is 0 Å². The summed E-state index contributed by atoms with van der Waals surface area (Å²) >= 11 is 0. The first-order valence-electron chi connectivity index (χ1n) is 6.32. The molecule has 0 bridgehead atoms. The second kappa shape index (κ2) is 5.85. The van der Waals surface area contributed by atoms with Crippen LogP contribution in [0.25, 0.3) is 33.0 Å². The Bertz CT molecular complexity index is 788. The Kier molecular flexibility index (Phi) is 3.58. The molecule has 0 fully saturated rings. The van der Waals surface area contributed by atoms with E-state index in [-0.39, 0.29) is 6.67 Å². The lowest BCUT2D eigenvalue weighted by Crippen LogP contribution is -2.01. The van der Waals surface area contributed by atoms with Crippen LogP contribution in [0.15, 0.2) is 59.7 Å². The van der Waals surface area contributed by atoms with Crippen molar-refractivity contribution < 1.29 is 0 Å². The first-order chi connectivity index (χ1) is 10.4. The van der Waals surface area contributed by atoms with Crippen LogP contribution in [0.4, 0.5) is 0 Å². The fourth-order valence-corrected chi connectivity index (χ4v) is 2.13. The van der Waals surface area contributed by atoms with Gasteiger partial charge in [0.1, 0.15) is 6.67 Å². The highest BCUT2D eigenvalue weighted by atomic mass is 15.6. The monoisotopic (exact) mass is 277 g/mol. The molecular formula is C14H11N7. The molecule has 1 aromatic heterocycles. The van der Waals surface area contributed by atoms with Gasteiger partial charge in [0.15, 0.2) is 5.82 Å². The zero-order valence-corrected chi connectivity index (χ0v) is 11.0. The van der Waals surface area contributed by atoms with E-state index in [1.807, 2.05) is 54.6 Å². The van der Waals surface area contributed by atoms with Crippen LogP contribution in [0.5, 0.6) is 0 Å². The van der Waals surface area contributed by atoms with E-state index in [9.17, 15) is 0 Å². The lowest BCUT2D eigenvalue weighted by atomic mass is 9.99. The summed E-state index contributed by atoms with van der Waals surface area (Å²) in [6, 6.07) is 17.8. The van der Waals surface area contributed by atoms with Crippen molar-refractivity contribution in [3.63, 3.8) is 0 Å². The Balaban J connectivity index is 2.12. The van der Waals surface area contributed by atoms with Gasteiger partial charge in [0.05, 0.1) is 0 Å². The zero-order chi connectivity index (χ0) is 14.5. The van der Waals surface area contributed by atoms with Gasteiger partial charge in [0.25, 0.3) is 0 Å². The third-order valence-electron chi connectivity index (χ3n) is 3.05. The highest BCUT2D eigenvalue weighted by Gasteiger charge is 2.13. The molecule has 0 aliphatic rings. The summed E-state index contributed by atoms with van der Waals surface area (Å²) in [6.07, 6.45) is 0. The van der Waals surface area contributed by atoms with Gasteiger partial charge in [-0.3, -0.25) is 0 Å². The van der Waals surface area contributed by atoms with Gasteiger partial charge in [-0.2, -0.15) is 0 Å². The first-order valence-corrected chi connectivity index (χ1v) is 6.32. The summed E-state index contributed by atoms with van der Waals surface area (Å²) in [5, 5.41) is 15.1. The van der Waals surface area contributed by atoms with Crippen molar-refractivity contribution in [1.29, 1.82) is 0 Å². The van der Waals surface area contributed by atoms with Crippen molar-refractivity contribution in [2.24, 2.45) is 5.11 Å². The Morgan fingerprint density at radius 3 is 2.48 bits per heavy atom. The molecule has 0 unspecified atom stereocenters. The molecule has 0 saturated carbocycles. The smallest absolute Gasteiger partial charge is 0.182 e. The van der Waals surface area contributed by atoms with Gasteiger partial charge in [0.2, 0.25) is 0 Å². The summed E-state index contributed by atoms with van der Waals surface area (Å²) in [6.45, 7) is 0.0575. The van der Waals surface area contributed by atoms with E-state index in [1.54, 1.807) is 0 Å². The zero-order valence-electron chi connectivity index (χ0n) is 11.0. The quantitative estimate of drug-likeness (QED) is 0.416. The number of tetrazole rings is 1. The molecule has 2 aromatic carbocycles. The highest BCUT2D eigenvalue weighted by molar-refractivity contribution is 5.80. The molecular weight excluding hydrogens is 266 g/mol. The van der Waals surface area contributed by atoms with Crippen LogP contribution in [-0.2, 0) is 6.67 Å². The predicted octanol–water partition coefficient (Wildman–Crippen LogP) is 3.27.